The Morgan fingerprint density at radius 2 is 2.36 bits per heavy atom. The van der Waals surface area contributed by atoms with Crippen LogP contribution in [0.25, 0.3) is 0 Å². The number of amides is 1. The zero-order chi connectivity index (χ0) is 10.1. The van der Waals surface area contributed by atoms with Gasteiger partial charge in [0.1, 0.15) is 0 Å². The fourth-order valence-corrected chi connectivity index (χ4v) is 1.34. The number of nitrogen functional groups attached to an aromatic ring is 1. The van der Waals surface area contributed by atoms with E-state index in [0.29, 0.717) is 5.92 Å². The Morgan fingerprint density at radius 3 is 2.86 bits per heavy atom. The molecule has 6 heteroatoms. The molecular weight excluding hydrogens is 184 g/mol. The Balaban J connectivity index is 1.98. The SMILES string of the molecule is CC(NC(=O)c1nonc1N)C1CC1. The van der Waals surface area contributed by atoms with Gasteiger partial charge < -0.3 is 11.1 Å². The van der Waals surface area contributed by atoms with Crippen LogP contribution in [-0.4, -0.2) is 22.3 Å². The van der Waals surface area contributed by atoms with Gasteiger partial charge in [0.2, 0.25) is 11.5 Å². The Labute approximate surface area is 80.8 Å². The molecular formula is C8H12N4O2. The van der Waals surface area contributed by atoms with Crippen molar-refractivity contribution in [1.82, 2.24) is 15.6 Å². The quantitative estimate of drug-likeness (QED) is 0.719. The minimum Gasteiger partial charge on any atom is -0.379 e. The van der Waals surface area contributed by atoms with Crippen LogP contribution in [0.1, 0.15) is 30.3 Å². The number of hydrogen-bond acceptors (Lipinski definition) is 5. The van der Waals surface area contributed by atoms with E-state index in [9.17, 15) is 4.79 Å². The maximum Gasteiger partial charge on any atom is 0.277 e. The molecule has 2 rings (SSSR count). The fourth-order valence-electron chi connectivity index (χ4n) is 1.34. The van der Waals surface area contributed by atoms with Crippen molar-refractivity contribution in [2.45, 2.75) is 25.8 Å². The van der Waals surface area contributed by atoms with Crippen molar-refractivity contribution >= 4 is 11.7 Å². The lowest BCUT2D eigenvalue weighted by Gasteiger charge is -2.10. The van der Waals surface area contributed by atoms with Gasteiger partial charge in [0.05, 0.1) is 0 Å². The molecule has 1 aromatic rings. The predicted octanol–water partition coefficient (Wildman–Crippen LogP) is 0.180. The first-order valence-corrected chi connectivity index (χ1v) is 4.57. The van der Waals surface area contributed by atoms with Gasteiger partial charge in [-0.3, -0.25) is 4.79 Å². The molecule has 1 aliphatic rings. The van der Waals surface area contributed by atoms with Crippen molar-refractivity contribution in [3.05, 3.63) is 5.69 Å². The summed E-state index contributed by atoms with van der Waals surface area (Å²) in [6, 6.07) is 0.165. The van der Waals surface area contributed by atoms with Gasteiger partial charge in [-0.05, 0) is 36.0 Å². The van der Waals surface area contributed by atoms with E-state index in [0.717, 1.165) is 0 Å². The number of aromatic nitrogens is 2. The summed E-state index contributed by atoms with van der Waals surface area (Å²) >= 11 is 0. The normalized spacial score (nSPS) is 17.8. The Bertz CT molecular complexity index is 345. The number of hydrogen-bond donors (Lipinski definition) is 2. The molecule has 1 fully saturated rings. The average molecular weight is 196 g/mol. The highest BCUT2D eigenvalue weighted by molar-refractivity contribution is 5.96. The number of nitrogens with two attached hydrogens (primary N) is 1. The second kappa shape index (κ2) is 3.28. The Kier molecular flexibility index (Phi) is 2.11. The molecule has 0 spiro atoms. The van der Waals surface area contributed by atoms with E-state index in [2.05, 4.69) is 20.3 Å². The topological polar surface area (TPSA) is 94.0 Å². The highest BCUT2D eigenvalue weighted by Gasteiger charge is 2.30. The molecule has 1 atom stereocenters. The van der Waals surface area contributed by atoms with E-state index < -0.39 is 0 Å². The van der Waals surface area contributed by atoms with Crippen LogP contribution in [0.2, 0.25) is 0 Å². The molecule has 0 radical (unpaired) electrons. The van der Waals surface area contributed by atoms with Crippen molar-refractivity contribution in [3.63, 3.8) is 0 Å². The number of nitrogens with zero attached hydrogens (tertiary/aromatic N) is 2. The smallest absolute Gasteiger partial charge is 0.277 e. The molecule has 76 valence electrons. The molecule has 1 heterocycles. The molecule has 0 aromatic carbocycles. The van der Waals surface area contributed by atoms with Gasteiger partial charge in [-0.25, -0.2) is 4.63 Å². The summed E-state index contributed by atoms with van der Waals surface area (Å²) in [5.41, 5.74) is 5.45. The van der Waals surface area contributed by atoms with Gasteiger partial charge in [0.25, 0.3) is 5.91 Å². The van der Waals surface area contributed by atoms with Crippen molar-refractivity contribution in [2.75, 3.05) is 5.73 Å². The second-order valence-electron chi connectivity index (χ2n) is 3.60. The highest BCUT2D eigenvalue weighted by atomic mass is 16.6. The third-order valence-electron chi connectivity index (χ3n) is 2.42. The first-order chi connectivity index (χ1) is 6.68. The van der Waals surface area contributed by atoms with E-state index >= 15 is 0 Å². The highest BCUT2D eigenvalue weighted by Crippen LogP contribution is 2.32. The van der Waals surface area contributed by atoms with E-state index in [-0.39, 0.29) is 23.5 Å². The second-order valence-corrected chi connectivity index (χ2v) is 3.60. The van der Waals surface area contributed by atoms with Gasteiger partial charge in [0, 0.05) is 6.04 Å². The molecule has 3 N–H and O–H groups in total. The fraction of sp³-hybridized carbons (Fsp3) is 0.625. The molecule has 0 aliphatic heterocycles. The first-order valence-electron chi connectivity index (χ1n) is 4.57. The van der Waals surface area contributed by atoms with E-state index in [1.54, 1.807) is 0 Å². The summed E-state index contributed by atoms with van der Waals surface area (Å²) < 4.78 is 4.34. The van der Waals surface area contributed by atoms with Crippen molar-refractivity contribution in [2.24, 2.45) is 5.92 Å². The van der Waals surface area contributed by atoms with Crippen LogP contribution in [0.15, 0.2) is 4.63 Å². The number of carbonyl (C=O) groups is 1. The van der Waals surface area contributed by atoms with E-state index in [1.165, 1.54) is 12.8 Å². The summed E-state index contributed by atoms with van der Waals surface area (Å²) in [5, 5.41) is 9.57. The summed E-state index contributed by atoms with van der Waals surface area (Å²) in [6.45, 7) is 1.97. The third kappa shape index (κ3) is 1.68. The van der Waals surface area contributed by atoms with Crippen molar-refractivity contribution in [1.29, 1.82) is 0 Å². The molecule has 1 unspecified atom stereocenters. The first kappa shape index (κ1) is 8.98. The van der Waals surface area contributed by atoms with Gasteiger partial charge in [-0.15, -0.1) is 0 Å². The molecule has 6 nitrogen and oxygen atoms in total. The third-order valence-corrected chi connectivity index (χ3v) is 2.42. The average Bonchev–Trinajstić information content (AvgIpc) is 2.89. The molecule has 1 aliphatic carbocycles. The summed E-state index contributed by atoms with van der Waals surface area (Å²) in [6.07, 6.45) is 2.35. The largest absolute Gasteiger partial charge is 0.379 e. The van der Waals surface area contributed by atoms with Crippen LogP contribution < -0.4 is 11.1 Å². The maximum atomic E-state index is 11.5. The zero-order valence-corrected chi connectivity index (χ0v) is 7.86. The lowest BCUT2D eigenvalue weighted by Crippen LogP contribution is -2.34. The molecule has 0 bridgehead atoms. The molecule has 1 aromatic heterocycles. The van der Waals surface area contributed by atoms with Crippen LogP contribution in [-0.2, 0) is 0 Å². The summed E-state index contributed by atoms with van der Waals surface area (Å²) in [7, 11) is 0. The number of anilines is 1. The monoisotopic (exact) mass is 196 g/mol. The van der Waals surface area contributed by atoms with Gasteiger partial charge >= 0.3 is 0 Å². The van der Waals surface area contributed by atoms with Crippen molar-refractivity contribution in [3.8, 4) is 0 Å². The van der Waals surface area contributed by atoms with Crippen LogP contribution >= 0.6 is 0 Å². The summed E-state index contributed by atoms with van der Waals surface area (Å²) in [5.74, 6) is 0.314. The minimum absolute atomic E-state index is 0.0329. The number of nitrogens with one attached hydrogen (secondary N) is 1. The van der Waals surface area contributed by atoms with Crippen LogP contribution in [0.3, 0.4) is 0 Å². The number of rotatable bonds is 3. The standard InChI is InChI=1S/C8H12N4O2/c1-4(5-2-3-5)10-8(13)6-7(9)12-14-11-6/h4-5H,2-3H2,1H3,(H2,9,12)(H,10,13). The summed E-state index contributed by atoms with van der Waals surface area (Å²) in [4.78, 5) is 11.5. The molecule has 14 heavy (non-hydrogen) atoms. The number of carbonyl (C=O) groups excluding carboxylic acids is 1. The molecule has 1 amide bonds. The minimum atomic E-state index is -0.317. The van der Waals surface area contributed by atoms with Gasteiger partial charge in [-0.1, -0.05) is 0 Å². The van der Waals surface area contributed by atoms with Crippen LogP contribution in [0.5, 0.6) is 0 Å². The zero-order valence-electron chi connectivity index (χ0n) is 7.86. The van der Waals surface area contributed by atoms with E-state index in [1.807, 2.05) is 6.92 Å². The molecule has 1 saturated carbocycles. The van der Waals surface area contributed by atoms with Gasteiger partial charge in [-0.2, -0.15) is 0 Å². The maximum absolute atomic E-state index is 11.5. The van der Waals surface area contributed by atoms with Crippen LogP contribution in [0.4, 0.5) is 5.82 Å². The molecule has 0 saturated heterocycles. The Morgan fingerprint density at radius 1 is 1.64 bits per heavy atom. The van der Waals surface area contributed by atoms with E-state index in [4.69, 9.17) is 5.73 Å². The predicted molar refractivity (Wildman–Crippen MR) is 48.4 cm³/mol. The van der Waals surface area contributed by atoms with Gasteiger partial charge in [0.15, 0.2) is 0 Å². The van der Waals surface area contributed by atoms with Crippen LogP contribution in [0, 0.1) is 5.92 Å². The van der Waals surface area contributed by atoms with Crippen molar-refractivity contribution < 1.29 is 9.42 Å². The Hall–Kier alpha value is -1.59. The lowest BCUT2D eigenvalue weighted by molar-refractivity contribution is 0.0926. The lowest BCUT2D eigenvalue weighted by atomic mass is 10.2.